The molecule has 0 saturated heterocycles. The van der Waals surface area contributed by atoms with Gasteiger partial charge >= 0.3 is 0 Å². The largest absolute Gasteiger partial charge is 0.497 e. The first-order chi connectivity index (χ1) is 13.7. The Morgan fingerprint density at radius 2 is 1.79 bits per heavy atom. The van der Waals surface area contributed by atoms with E-state index < -0.39 is 0 Å². The Morgan fingerprint density at radius 1 is 1.07 bits per heavy atom. The summed E-state index contributed by atoms with van der Waals surface area (Å²) in [6.45, 7) is 0.676. The average molecular weight is 383 g/mol. The van der Waals surface area contributed by atoms with Crippen LogP contribution in [0.3, 0.4) is 0 Å². The second kappa shape index (κ2) is 9.73. The highest BCUT2D eigenvalue weighted by atomic mass is 16.5. The molecule has 28 heavy (non-hydrogen) atoms. The number of carbonyl (C=O) groups is 2. The number of nitrogens with one attached hydrogen (secondary N) is 2. The number of rotatable bonds is 8. The van der Waals surface area contributed by atoms with E-state index in [-0.39, 0.29) is 23.6 Å². The van der Waals surface area contributed by atoms with Crippen LogP contribution in [0.5, 0.6) is 11.5 Å². The van der Waals surface area contributed by atoms with Gasteiger partial charge in [-0.05, 0) is 49.2 Å². The molecule has 0 atom stereocenters. The van der Waals surface area contributed by atoms with Crippen molar-refractivity contribution in [3.63, 3.8) is 0 Å². The molecule has 2 aromatic rings. The summed E-state index contributed by atoms with van der Waals surface area (Å²) >= 11 is 0. The van der Waals surface area contributed by atoms with E-state index in [9.17, 15) is 9.59 Å². The van der Waals surface area contributed by atoms with Gasteiger partial charge in [-0.3, -0.25) is 14.6 Å². The predicted octanol–water partition coefficient (Wildman–Crippen LogP) is 2.57. The van der Waals surface area contributed by atoms with E-state index in [0.29, 0.717) is 24.5 Å². The van der Waals surface area contributed by atoms with Crippen LogP contribution < -0.4 is 20.1 Å². The first-order valence-corrected chi connectivity index (χ1v) is 9.47. The van der Waals surface area contributed by atoms with Gasteiger partial charge in [0.2, 0.25) is 0 Å². The van der Waals surface area contributed by atoms with Gasteiger partial charge in [0.05, 0.1) is 13.7 Å². The molecule has 0 spiro atoms. The first-order valence-electron chi connectivity index (χ1n) is 9.47. The third kappa shape index (κ3) is 5.45. The van der Waals surface area contributed by atoms with Crippen LogP contribution in [-0.4, -0.2) is 43.1 Å². The molecule has 3 rings (SSSR count). The summed E-state index contributed by atoms with van der Waals surface area (Å²) in [5.41, 5.74) is 0.657. The smallest absolute Gasteiger partial charge is 0.270 e. The van der Waals surface area contributed by atoms with Crippen molar-refractivity contribution in [2.24, 2.45) is 0 Å². The standard InChI is InChI=1S/C21H25N3O4/c1-27-17-6-8-18(9-7-17)28-13-12-23-20(25)15-10-11-22-19(14-15)21(26)24-16-4-2-3-5-16/h6-11,14,16H,2-5,12-13H2,1H3,(H,23,25)(H,24,26). The molecule has 1 fully saturated rings. The highest BCUT2D eigenvalue weighted by molar-refractivity contribution is 5.98. The predicted molar refractivity (Wildman–Crippen MR) is 105 cm³/mol. The Hall–Kier alpha value is -3.09. The second-order valence-corrected chi connectivity index (χ2v) is 6.66. The number of ether oxygens (including phenoxy) is 2. The fourth-order valence-electron chi connectivity index (χ4n) is 3.13. The molecule has 2 amide bonds. The van der Waals surface area contributed by atoms with Crippen LogP contribution >= 0.6 is 0 Å². The fourth-order valence-corrected chi connectivity index (χ4v) is 3.13. The Labute approximate surface area is 164 Å². The van der Waals surface area contributed by atoms with Crippen molar-refractivity contribution in [1.82, 2.24) is 15.6 Å². The summed E-state index contributed by atoms with van der Waals surface area (Å²) in [6.07, 6.45) is 5.76. The maximum Gasteiger partial charge on any atom is 0.270 e. The number of aromatic nitrogens is 1. The van der Waals surface area contributed by atoms with E-state index in [0.717, 1.165) is 31.4 Å². The highest BCUT2D eigenvalue weighted by Crippen LogP contribution is 2.18. The van der Waals surface area contributed by atoms with Gasteiger partial charge in [0.25, 0.3) is 11.8 Å². The maximum absolute atomic E-state index is 12.3. The van der Waals surface area contributed by atoms with Crippen molar-refractivity contribution < 1.29 is 19.1 Å². The van der Waals surface area contributed by atoms with E-state index in [2.05, 4.69) is 15.6 Å². The Balaban J connectivity index is 1.46. The molecule has 0 aliphatic heterocycles. The van der Waals surface area contributed by atoms with Crippen LogP contribution in [0.1, 0.15) is 46.5 Å². The Kier molecular flexibility index (Phi) is 6.84. The molecule has 1 heterocycles. The number of hydrogen-bond donors (Lipinski definition) is 2. The zero-order valence-electron chi connectivity index (χ0n) is 15.9. The zero-order chi connectivity index (χ0) is 19.8. The number of benzene rings is 1. The summed E-state index contributed by atoms with van der Waals surface area (Å²) < 4.78 is 10.7. The summed E-state index contributed by atoms with van der Waals surface area (Å²) in [5.74, 6) is 0.955. The minimum atomic E-state index is -0.268. The summed E-state index contributed by atoms with van der Waals surface area (Å²) in [4.78, 5) is 28.7. The van der Waals surface area contributed by atoms with Gasteiger partial charge in [0.15, 0.2) is 0 Å². The summed E-state index contributed by atoms with van der Waals surface area (Å²) in [6, 6.07) is 10.5. The van der Waals surface area contributed by atoms with E-state index >= 15 is 0 Å². The lowest BCUT2D eigenvalue weighted by Crippen LogP contribution is -2.33. The van der Waals surface area contributed by atoms with Crippen LogP contribution in [0.25, 0.3) is 0 Å². The summed E-state index contributed by atoms with van der Waals surface area (Å²) in [5, 5.41) is 5.76. The minimum Gasteiger partial charge on any atom is -0.497 e. The van der Waals surface area contributed by atoms with Gasteiger partial charge in [-0.15, -0.1) is 0 Å². The van der Waals surface area contributed by atoms with Gasteiger partial charge in [0.1, 0.15) is 23.8 Å². The maximum atomic E-state index is 12.3. The number of pyridine rings is 1. The first kappa shape index (κ1) is 19.7. The molecule has 1 aliphatic rings. The quantitative estimate of drug-likeness (QED) is 0.684. The number of methoxy groups -OCH3 is 1. The fraction of sp³-hybridized carbons (Fsp3) is 0.381. The topological polar surface area (TPSA) is 89.6 Å². The summed E-state index contributed by atoms with van der Waals surface area (Å²) in [7, 11) is 1.61. The van der Waals surface area contributed by atoms with Gasteiger partial charge in [-0.1, -0.05) is 12.8 Å². The minimum absolute atomic E-state index is 0.210. The molecule has 0 radical (unpaired) electrons. The van der Waals surface area contributed by atoms with Crippen molar-refractivity contribution in [1.29, 1.82) is 0 Å². The number of nitrogens with zero attached hydrogens (tertiary/aromatic N) is 1. The molecule has 148 valence electrons. The molecule has 7 heteroatoms. The molecule has 1 aromatic heterocycles. The third-order valence-corrected chi connectivity index (χ3v) is 4.66. The van der Waals surface area contributed by atoms with E-state index in [1.165, 1.54) is 12.3 Å². The molecule has 1 aliphatic carbocycles. The normalized spacial score (nSPS) is 13.8. The van der Waals surface area contributed by atoms with Gasteiger partial charge in [0, 0.05) is 17.8 Å². The lowest BCUT2D eigenvalue weighted by atomic mass is 10.2. The lowest BCUT2D eigenvalue weighted by Gasteiger charge is -2.12. The molecule has 7 nitrogen and oxygen atoms in total. The van der Waals surface area contributed by atoms with E-state index in [1.807, 2.05) is 12.1 Å². The van der Waals surface area contributed by atoms with Crippen LogP contribution in [0, 0.1) is 0 Å². The van der Waals surface area contributed by atoms with Crippen LogP contribution in [0.15, 0.2) is 42.6 Å². The van der Waals surface area contributed by atoms with Crippen molar-refractivity contribution in [3.8, 4) is 11.5 Å². The van der Waals surface area contributed by atoms with Gasteiger partial charge < -0.3 is 20.1 Å². The Morgan fingerprint density at radius 3 is 2.50 bits per heavy atom. The lowest BCUT2D eigenvalue weighted by molar-refractivity contribution is 0.0933. The molecule has 1 saturated carbocycles. The van der Waals surface area contributed by atoms with Crippen LogP contribution in [0.2, 0.25) is 0 Å². The van der Waals surface area contributed by atoms with E-state index in [1.54, 1.807) is 25.3 Å². The third-order valence-electron chi connectivity index (χ3n) is 4.66. The molecule has 2 N–H and O–H groups in total. The van der Waals surface area contributed by atoms with Crippen molar-refractivity contribution >= 4 is 11.8 Å². The number of hydrogen-bond acceptors (Lipinski definition) is 5. The van der Waals surface area contributed by atoms with Crippen molar-refractivity contribution in [2.45, 2.75) is 31.7 Å². The van der Waals surface area contributed by atoms with Crippen molar-refractivity contribution in [2.75, 3.05) is 20.3 Å². The molecular formula is C21H25N3O4. The monoisotopic (exact) mass is 383 g/mol. The molecular weight excluding hydrogens is 358 g/mol. The molecule has 1 aromatic carbocycles. The highest BCUT2D eigenvalue weighted by Gasteiger charge is 2.19. The number of amides is 2. The van der Waals surface area contributed by atoms with Gasteiger partial charge in [-0.2, -0.15) is 0 Å². The van der Waals surface area contributed by atoms with Crippen molar-refractivity contribution in [3.05, 3.63) is 53.9 Å². The zero-order valence-corrected chi connectivity index (χ0v) is 15.9. The SMILES string of the molecule is COc1ccc(OCCNC(=O)c2ccnc(C(=O)NC3CCCC3)c2)cc1. The second-order valence-electron chi connectivity index (χ2n) is 6.66. The van der Waals surface area contributed by atoms with Crippen LogP contribution in [-0.2, 0) is 0 Å². The van der Waals surface area contributed by atoms with E-state index in [4.69, 9.17) is 9.47 Å². The number of carbonyl (C=O) groups excluding carboxylic acids is 2. The molecule has 0 bridgehead atoms. The van der Waals surface area contributed by atoms with Crippen LogP contribution in [0.4, 0.5) is 0 Å². The molecule has 0 unspecified atom stereocenters. The average Bonchev–Trinajstić information content (AvgIpc) is 3.24. The Bertz CT molecular complexity index is 802. The van der Waals surface area contributed by atoms with Gasteiger partial charge in [-0.25, -0.2) is 0 Å².